The normalized spacial score (nSPS) is 11.9. The van der Waals surface area contributed by atoms with Crippen LogP contribution in [0, 0.1) is 0 Å². The molecule has 0 unspecified atom stereocenters. The minimum Gasteiger partial charge on any atom is -0.405 e. The maximum atomic E-state index is 12.6. The van der Waals surface area contributed by atoms with Gasteiger partial charge in [-0.25, -0.2) is 0 Å². The third-order valence-corrected chi connectivity index (χ3v) is 3.29. The molecule has 0 fully saturated rings. The van der Waals surface area contributed by atoms with Crippen LogP contribution in [0.25, 0.3) is 0 Å². The molecule has 2 aromatic rings. The van der Waals surface area contributed by atoms with Crippen molar-refractivity contribution in [1.29, 1.82) is 0 Å². The highest BCUT2D eigenvalue weighted by Crippen LogP contribution is 2.29. The molecule has 1 amide bonds. The zero-order chi connectivity index (χ0) is 19.4. The summed E-state index contributed by atoms with van der Waals surface area (Å²) in [4.78, 5) is 11.9. The number of hydrogen-bond donors (Lipinski definition) is 1. The lowest BCUT2D eigenvalue weighted by molar-refractivity contribution is -0.274. The SMILES string of the molecule is O=C(Cc1cccc(C(F)(F)F)c1)NCc1ccccc1OC(F)(F)F. The summed E-state index contributed by atoms with van der Waals surface area (Å²) in [6.45, 7) is -0.260. The number of halogens is 6. The topological polar surface area (TPSA) is 38.3 Å². The summed E-state index contributed by atoms with van der Waals surface area (Å²) in [5.74, 6) is -1.09. The van der Waals surface area contributed by atoms with Crippen molar-refractivity contribution in [3.05, 3.63) is 65.2 Å². The second-order valence-electron chi connectivity index (χ2n) is 5.31. The van der Waals surface area contributed by atoms with Crippen molar-refractivity contribution in [3.63, 3.8) is 0 Å². The third kappa shape index (κ3) is 5.98. The minimum absolute atomic E-state index is 0.0854. The molecule has 0 spiro atoms. The Kier molecular flexibility index (Phi) is 5.79. The van der Waals surface area contributed by atoms with Gasteiger partial charge in [-0.2, -0.15) is 13.2 Å². The van der Waals surface area contributed by atoms with Crippen LogP contribution >= 0.6 is 0 Å². The molecule has 1 N–H and O–H groups in total. The fourth-order valence-electron chi connectivity index (χ4n) is 2.17. The molecule has 9 heteroatoms. The predicted octanol–water partition coefficient (Wildman–Crippen LogP) is 4.46. The number of ether oxygens (including phenoxy) is 1. The molecule has 0 bridgehead atoms. The van der Waals surface area contributed by atoms with Gasteiger partial charge in [0.2, 0.25) is 5.91 Å². The van der Waals surface area contributed by atoms with E-state index in [4.69, 9.17) is 0 Å². The molecule has 2 rings (SSSR count). The number of nitrogens with one attached hydrogen (secondary N) is 1. The lowest BCUT2D eigenvalue weighted by atomic mass is 10.1. The minimum atomic E-state index is -4.88. The van der Waals surface area contributed by atoms with Crippen LogP contribution in [0.4, 0.5) is 26.3 Å². The number of carbonyl (C=O) groups is 1. The lowest BCUT2D eigenvalue weighted by Crippen LogP contribution is -2.26. The first-order chi connectivity index (χ1) is 12.0. The maximum absolute atomic E-state index is 12.6. The molecular weight excluding hydrogens is 364 g/mol. The number of hydrogen-bond acceptors (Lipinski definition) is 2. The van der Waals surface area contributed by atoms with Crippen LogP contribution in [0.5, 0.6) is 5.75 Å². The Labute approximate surface area is 144 Å². The Morgan fingerprint density at radius 1 is 0.962 bits per heavy atom. The fraction of sp³-hybridized carbons (Fsp3) is 0.235. The molecule has 0 atom stereocenters. The average Bonchev–Trinajstić information content (AvgIpc) is 2.52. The summed E-state index contributed by atoms with van der Waals surface area (Å²) < 4.78 is 78.8. The van der Waals surface area contributed by atoms with Crippen molar-refractivity contribution in [2.45, 2.75) is 25.5 Å². The Morgan fingerprint density at radius 3 is 2.31 bits per heavy atom. The number of para-hydroxylation sites is 1. The van der Waals surface area contributed by atoms with Gasteiger partial charge in [0, 0.05) is 12.1 Å². The van der Waals surface area contributed by atoms with Gasteiger partial charge in [-0.3, -0.25) is 4.79 Å². The Bertz CT molecular complexity index is 770. The van der Waals surface area contributed by atoms with Crippen molar-refractivity contribution >= 4 is 5.91 Å². The molecule has 0 aliphatic carbocycles. The van der Waals surface area contributed by atoms with Crippen LogP contribution in [-0.2, 0) is 23.9 Å². The van der Waals surface area contributed by atoms with E-state index >= 15 is 0 Å². The van der Waals surface area contributed by atoms with E-state index in [1.807, 2.05) is 0 Å². The molecule has 140 valence electrons. The van der Waals surface area contributed by atoms with E-state index in [1.54, 1.807) is 0 Å². The second-order valence-corrected chi connectivity index (χ2v) is 5.31. The van der Waals surface area contributed by atoms with Crippen LogP contribution in [0.15, 0.2) is 48.5 Å². The number of amides is 1. The van der Waals surface area contributed by atoms with Gasteiger partial charge in [0.15, 0.2) is 0 Å². The molecule has 0 aromatic heterocycles. The standard InChI is InChI=1S/C17H13F6NO2/c18-16(19,20)13-6-3-4-11(8-13)9-15(25)24-10-12-5-1-2-7-14(12)26-17(21,22)23/h1-8H,9-10H2,(H,24,25). The summed E-state index contributed by atoms with van der Waals surface area (Å²) in [6, 6.07) is 9.51. The smallest absolute Gasteiger partial charge is 0.405 e. The molecule has 2 aromatic carbocycles. The van der Waals surface area contributed by atoms with E-state index in [2.05, 4.69) is 10.1 Å². The number of alkyl halides is 6. The average molecular weight is 377 g/mol. The Morgan fingerprint density at radius 2 is 1.65 bits per heavy atom. The van der Waals surface area contributed by atoms with E-state index in [0.29, 0.717) is 0 Å². The summed E-state index contributed by atoms with van der Waals surface area (Å²) >= 11 is 0. The number of benzene rings is 2. The van der Waals surface area contributed by atoms with Crippen LogP contribution < -0.4 is 10.1 Å². The zero-order valence-corrected chi connectivity index (χ0v) is 13.1. The predicted molar refractivity (Wildman–Crippen MR) is 80.1 cm³/mol. The molecule has 0 aliphatic rings. The van der Waals surface area contributed by atoms with E-state index < -0.39 is 29.8 Å². The van der Waals surface area contributed by atoms with Crippen molar-refractivity contribution < 1.29 is 35.9 Å². The fourth-order valence-corrected chi connectivity index (χ4v) is 2.17. The highest BCUT2D eigenvalue weighted by Gasteiger charge is 2.32. The van der Waals surface area contributed by atoms with Gasteiger partial charge in [-0.15, -0.1) is 13.2 Å². The second kappa shape index (κ2) is 7.67. The summed E-state index contributed by atoms with van der Waals surface area (Å²) in [5.41, 5.74) is -0.661. The number of rotatable bonds is 5. The van der Waals surface area contributed by atoms with Crippen molar-refractivity contribution in [3.8, 4) is 5.75 Å². The highest BCUT2D eigenvalue weighted by molar-refractivity contribution is 5.78. The first-order valence-electron chi connectivity index (χ1n) is 7.31. The first-order valence-corrected chi connectivity index (χ1v) is 7.31. The largest absolute Gasteiger partial charge is 0.573 e. The van der Waals surface area contributed by atoms with Gasteiger partial charge in [-0.1, -0.05) is 36.4 Å². The van der Waals surface area contributed by atoms with Gasteiger partial charge in [-0.05, 0) is 17.7 Å². The summed E-state index contributed by atoms with van der Waals surface area (Å²) in [5, 5.41) is 2.36. The molecular formula is C17H13F6NO2. The first kappa shape index (κ1) is 19.6. The highest BCUT2D eigenvalue weighted by atomic mass is 19.4. The molecule has 0 saturated carbocycles. The van der Waals surface area contributed by atoms with Gasteiger partial charge in [0.25, 0.3) is 0 Å². The van der Waals surface area contributed by atoms with Gasteiger partial charge < -0.3 is 10.1 Å². The molecule has 0 saturated heterocycles. The maximum Gasteiger partial charge on any atom is 0.573 e. The van der Waals surface area contributed by atoms with E-state index in [0.717, 1.165) is 18.2 Å². The summed E-state index contributed by atoms with van der Waals surface area (Å²) in [7, 11) is 0. The van der Waals surface area contributed by atoms with Crippen LogP contribution in [0.1, 0.15) is 16.7 Å². The van der Waals surface area contributed by atoms with E-state index in [-0.39, 0.29) is 24.1 Å². The summed E-state index contributed by atoms with van der Waals surface area (Å²) in [6.07, 6.45) is -9.75. The van der Waals surface area contributed by atoms with Gasteiger partial charge >= 0.3 is 12.5 Å². The van der Waals surface area contributed by atoms with E-state index in [9.17, 15) is 31.1 Å². The zero-order valence-electron chi connectivity index (χ0n) is 13.1. The van der Waals surface area contributed by atoms with Crippen molar-refractivity contribution in [2.24, 2.45) is 0 Å². The lowest BCUT2D eigenvalue weighted by Gasteiger charge is -2.14. The van der Waals surface area contributed by atoms with E-state index in [1.165, 1.54) is 30.3 Å². The molecule has 3 nitrogen and oxygen atoms in total. The molecule has 0 heterocycles. The van der Waals surface area contributed by atoms with Crippen LogP contribution in [-0.4, -0.2) is 12.3 Å². The molecule has 26 heavy (non-hydrogen) atoms. The number of carbonyl (C=O) groups excluding carboxylic acids is 1. The van der Waals surface area contributed by atoms with Gasteiger partial charge in [0.1, 0.15) is 5.75 Å². The van der Waals surface area contributed by atoms with Crippen LogP contribution in [0.2, 0.25) is 0 Å². The molecule has 0 aliphatic heterocycles. The quantitative estimate of drug-likeness (QED) is 0.782. The van der Waals surface area contributed by atoms with Gasteiger partial charge in [0.05, 0.1) is 12.0 Å². The van der Waals surface area contributed by atoms with Crippen molar-refractivity contribution in [2.75, 3.05) is 0 Å². The Hall–Kier alpha value is -2.71. The third-order valence-electron chi connectivity index (χ3n) is 3.29. The molecule has 0 radical (unpaired) electrons. The van der Waals surface area contributed by atoms with Crippen LogP contribution in [0.3, 0.4) is 0 Å². The Balaban J connectivity index is 2.00. The van der Waals surface area contributed by atoms with Crippen molar-refractivity contribution in [1.82, 2.24) is 5.32 Å². The monoisotopic (exact) mass is 377 g/mol.